The second-order valence-corrected chi connectivity index (χ2v) is 6.80. The summed E-state index contributed by atoms with van der Waals surface area (Å²) in [5, 5.41) is 3.23. The molecule has 2 rings (SSSR count). The molecule has 1 aliphatic heterocycles. The van der Waals surface area contributed by atoms with Gasteiger partial charge in [0.15, 0.2) is 9.84 Å². The summed E-state index contributed by atoms with van der Waals surface area (Å²) < 4.78 is 27.8. The molecule has 88 valence electrons. The van der Waals surface area contributed by atoms with Crippen molar-refractivity contribution >= 4 is 9.84 Å². The molecule has 1 unspecified atom stereocenters. The number of hydrogen-bond donors (Lipinski definition) is 1. The van der Waals surface area contributed by atoms with Gasteiger partial charge < -0.3 is 10.1 Å². The van der Waals surface area contributed by atoms with Crippen molar-refractivity contribution in [2.24, 2.45) is 5.92 Å². The van der Waals surface area contributed by atoms with Gasteiger partial charge in [0.05, 0.1) is 18.1 Å². The highest BCUT2D eigenvalue weighted by atomic mass is 32.2. The topological polar surface area (TPSA) is 55.4 Å². The van der Waals surface area contributed by atoms with Gasteiger partial charge >= 0.3 is 0 Å². The van der Waals surface area contributed by atoms with Crippen LogP contribution < -0.4 is 5.32 Å². The maximum absolute atomic E-state index is 11.2. The Balaban J connectivity index is 1.50. The summed E-state index contributed by atoms with van der Waals surface area (Å²) >= 11 is 0. The fraction of sp³-hybridized carbons (Fsp3) is 1.00. The van der Waals surface area contributed by atoms with E-state index in [0.29, 0.717) is 18.1 Å². The van der Waals surface area contributed by atoms with Gasteiger partial charge in [-0.2, -0.15) is 0 Å². The second kappa shape index (κ2) is 4.80. The monoisotopic (exact) mass is 233 g/mol. The molecule has 0 spiro atoms. The smallest absolute Gasteiger partial charge is 0.151 e. The Kier molecular flexibility index (Phi) is 3.64. The molecular weight excluding hydrogens is 214 g/mol. The first-order valence-corrected chi connectivity index (χ1v) is 7.49. The Hall–Kier alpha value is -0.130. The molecule has 1 saturated carbocycles. The van der Waals surface area contributed by atoms with Gasteiger partial charge in [-0.3, -0.25) is 0 Å². The lowest BCUT2D eigenvalue weighted by Gasteiger charge is -2.10. The van der Waals surface area contributed by atoms with Crippen molar-refractivity contribution in [1.29, 1.82) is 0 Å². The van der Waals surface area contributed by atoms with Crippen molar-refractivity contribution in [2.75, 3.05) is 31.3 Å². The molecule has 2 aliphatic rings. The van der Waals surface area contributed by atoms with E-state index >= 15 is 0 Å². The lowest BCUT2D eigenvalue weighted by Crippen LogP contribution is -2.32. The van der Waals surface area contributed by atoms with Crippen LogP contribution in [0, 0.1) is 5.92 Å². The van der Waals surface area contributed by atoms with Crippen LogP contribution in [-0.4, -0.2) is 45.7 Å². The minimum atomic E-state index is -2.74. The number of rotatable bonds is 6. The van der Waals surface area contributed by atoms with Crippen molar-refractivity contribution in [2.45, 2.75) is 25.3 Å². The number of sulfone groups is 1. The maximum atomic E-state index is 11.2. The predicted molar refractivity (Wildman–Crippen MR) is 58.6 cm³/mol. The Bertz CT molecular complexity index is 298. The molecule has 0 aromatic heterocycles. The van der Waals surface area contributed by atoms with Crippen LogP contribution in [-0.2, 0) is 14.6 Å². The van der Waals surface area contributed by atoms with E-state index in [1.807, 2.05) is 0 Å². The Morgan fingerprint density at radius 3 is 2.67 bits per heavy atom. The second-order valence-electron chi connectivity index (χ2n) is 4.57. The third kappa shape index (κ3) is 4.09. The zero-order valence-corrected chi connectivity index (χ0v) is 9.76. The third-order valence-corrected chi connectivity index (χ3v) is 4.73. The van der Waals surface area contributed by atoms with Crippen LogP contribution >= 0.6 is 0 Å². The minimum Gasteiger partial charge on any atom is -0.380 e. The van der Waals surface area contributed by atoms with E-state index in [-0.39, 0.29) is 6.04 Å². The van der Waals surface area contributed by atoms with Crippen molar-refractivity contribution in [3.8, 4) is 0 Å². The third-order valence-electron chi connectivity index (χ3n) is 2.96. The van der Waals surface area contributed by atoms with Gasteiger partial charge in [0.2, 0.25) is 0 Å². The van der Waals surface area contributed by atoms with Gasteiger partial charge in [0.1, 0.15) is 0 Å². The van der Waals surface area contributed by atoms with Gasteiger partial charge in [0, 0.05) is 19.2 Å². The fourth-order valence-electron chi connectivity index (χ4n) is 1.83. The van der Waals surface area contributed by atoms with Crippen LogP contribution in [0.4, 0.5) is 0 Å². The highest BCUT2D eigenvalue weighted by Crippen LogP contribution is 2.28. The van der Waals surface area contributed by atoms with Gasteiger partial charge in [-0.1, -0.05) is 0 Å². The summed E-state index contributed by atoms with van der Waals surface area (Å²) in [6.07, 6.45) is 3.38. The molecule has 0 aromatic rings. The van der Waals surface area contributed by atoms with Crippen molar-refractivity contribution < 1.29 is 13.2 Å². The lowest BCUT2D eigenvalue weighted by atomic mass is 10.3. The predicted octanol–water partition coefficient (Wildman–Crippen LogP) is 0.190. The van der Waals surface area contributed by atoms with E-state index in [2.05, 4.69) is 5.32 Å². The largest absolute Gasteiger partial charge is 0.380 e. The van der Waals surface area contributed by atoms with Gasteiger partial charge in [-0.05, 0) is 25.2 Å². The van der Waals surface area contributed by atoms with E-state index in [9.17, 15) is 8.42 Å². The first kappa shape index (κ1) is 11.4. The molecular formula is C10H19NO3S. The molecule has 15 heavy (non-hydrogen) atoms. The first-order chi connectivity index (χ1) is 7.16. The molecule has 0 bridgehead atoms. The Morgan fingerprint density at radius 2 is 2.07 bits per heavy atom. The molecule has 0 aromatic carbocycles. The number of nitrogens with one attached hydrogen (secondary N) is 1. The highest BCUT2D eigenvalue weighted by molar-refractivity contribution is 7.91. The van der Waals surface area contributed by atoms with Crippen molar-refractivity contribution in [1.82, 2.24) is 5.32 Å². The minimum absolute atomic E-state index is 0.152. The van der Waals surface area contributed by atoms with Crippen molar-refractivity contribution in [3.63, 3.8) is 0 Å². The van der Waals surface area contributed by atoms with Crippen LogP contribution in [0.25, 0.3) is 0 Å². The number of hydrogen-bond acceptors (Lipinski definition) is 4. The van der Waals surface area contributed by atoms with E-state index < -0.39 is 9.84 Å². The molecule has 1 aliphatic carbocycles. The van der Waals surface area contributed by atoms with Crippen molar-refractivity contribution in [3.05, 3.63) is 0 Å². The molecule has 1 atom stereocenters. The summed E-state index contributed by atoms with van der Waals surface area (Å²) in [6, 6.07) is 0.152. The summed E-state index contributed by atoms with van der Waals surface area (Å²) in [5.41, 5.74) is 0. The molecule has 0 amide bonds. The summed E-state index contributed by atoms with van der Waals surface area (Å²) in [5.74, 6) is 1.44. The van der Waals surface area contributed by atoms with E-state index in [1.165, 1.54) is 12.8 Å². The summed E-state index contributed by atoms with van der Waals surface area (Å²) in [6.45, 7) is 2.35. The molecule has 2 fully saturated rings. The summed E-state index contributed by atoms with van der Waals surface area (Å²) in [4.78, 5) is 0. The van der Waals surface area contributed by atoms with Gasteiger partial charge in [0.25, 0.3) is 0 Å². The van der Waals surface area contributed by atoms with E-state index in [4.69, 9.17) is 4.74 Å². The molecule has 5 heteroatoms. The van der Waals surface area contributed by atoms with Gasteiger partial charge in [-0.25, -0.2) is 8.42 Å². The van der Waals surface area contributed by atoms with Crippen LogP contribution in [0.2, 0.25) is 0 Å². The molecule has 4 nitrogen and oxygen atoms in total. The van der Waals surface area contributed by atoms with Crippen LogP contribution in [0.1, 0.15) is 19.3 Å². The molecule has 1 saturated heterocycles. The quantitative estimate of drug-likeness (QED) is 0.665. The zero-order valence-electron chi connectivity index (χ0n) is 8.94. The lowest BCUT2D eigenvalue weighted by molar-refractivity contribution is 0.124. The highest BCUT2D eigenvalue weighted by Gasteiger charge is 2.27. The molecule has 1 N–H and O–H groups in total. The fourth-order valence-corrected chi connectivity index (χ4v) is 3.53. The maximum Gasteiger partial charge on any atom is 0.151 e. The van der Waals surface area contributed by atoms with Crippen LogP contribution in [0.3, 0.4) is 0 Å². The van der Waals surface area contributed by atoms with E-state index in [0.717, 1.165) is 25.5 Å². The SMILES string of the molecule is O=S1(=O)CCC(NCCOCC2CC2)C1. The summed E-state index contributed by atoms with van der Waals surface area (Å²) in [7, 11) is -2.74. The molecule has 1 heterocycles. The average Bonchev–Trinajstić information content (AvgIpc) is 2.91. The first-order valence-electron chi connectivity index (χ1n) is 5.67. The Morgan fingerprint density at radius 1 is 1.27 bits per heavy atom. The van der Waals surface area contributed by atoms with E-state index in [1.54, 1.807) is 0 Å². The van der Waals surface area contributed by atoms with Crippen LogP contribution in [0.5, 0.6) is 0 Å². The van der Waals surface area contributed by atoms with Gasteiger partial charge in [-0.15, -0.1) is 0 Å². The van der Waals surface area contributed by atoms with Crippen LogP contribution in [0.15, 0.2) is 0 Å². The normalized spacial score (nSPS) is 29.5. The molecule has 0 radical (unpaired) electrons. The standard InChI is InChI=1S/C10H19NO3S/c12-15(13)6-3-10(8-15)11-4-5-14-7-9-1-2-9/h9-11H,1-8H2. The zero-order chi connectivity index (χ0) is 10.7. The number of ether oxygens (including phenoxy) is 1. The average molecular weight is 233 g/mol. The Labute approximate surface area is 91.3 Å².